The maximum Gasteiger partial charge on any atom is 0.303 e. The van der Waals surface area contributed by atoms with Crippen LogP contribution in [0.3, 0.4) is 0 Å². The lowest BCUT2D eigenvalue weighted by atomic mass is 9.95. The van der Waals surface area contributed by atoms with Crippen LogP contribution >= 0.6 is 0 Å². The summed E-state index contributed by atoms with van der Waals surface area (Å²) in [6, 6.07) is 13.1. The number of ketones is 1. The second-order valence-electron chi connectivity index (χ2n) is 7.68. The molecule has 1 atom stereocenters. The van der Waals surface area contributed by atoms with Gasteiger partial charge in [-0.2, -0.15) is 0 Å². The van der Waals surface area contributed by atoms with E-state index in [2.05, 4.69) is 0 Å². The van der Waals surface area contributed by atoms with Crippen molar-refractivity contribution in [1.29, 1.82) is 0 Å². The van der Waals surface area contributed by atoms with E-state index in [0.29, 0.717) is 41.9 Å². The van der Waals surface area contributed by atoms with E-state index in [9.17, 15) is 19.5 Å². The first-order chi connectivity index (χ1) is 15.9. The summed E-state index contributed by atoms with van der Waals surface area (Å²) in [6.07, 6.45) is 1.69. The smallest absolute Gasteiger partial charge is 0.303 e. The van der Waals surface area contributed by atoms with Crippen LogP contribution in [0, 0.1) is 0 Å². The van der Waals surface area contributed by atoms with E-state index in [4.69, 9.17) is 14.6 Å². The summed E-state index contributed by atoms with van der Waals surface area (Å²) < 4.78 is 10.5. The van der Waals surface area contributed by atoms with Gasteiger partial charge in [0.25, 0.3) is 11.7 Å². The molecule has 1 unspecified atom stereocenters. The highest BCUT2D eigenvalue weighted by atomic mass is 16.5. The quantitative estimate of drug-likeness (QED) is 0.244. The maximum atomic E-state index is 13.0. The van der Waals surface area contributed by atoms with E-state index >= 15 is 0 Å². The van der Waals surface area contributed by atoms with Gasteiger partial charge in [-0.25, -0.2) is 0 Å². The number of aliphatic hydroxyl groups excluding tert-OH is 1. The highest BCUT2D eigenvalue weighted by Crippen LogP contribution is 2.40. The summed E-state index contributed by atoms with van der Waals surface area (Å²) in [5, 5.41) is 19.9. The number of unbranched alkanes of at least 4 members (excludes halogenated alkanes) is 2. The molecule has 1 aliphatic heterocycles. The molecule has 8 nitrogen and oxygen atoms in total. The van der Waals surface area contributed by atoms with Crippen LogP contribution in [0.15, 0.2) is 54.1 Å². The Balaban J connectivity index is 1.99. The van der Waals surface area contributed by atoms with Crippen molar-refractivity contribution in [2.75, 3.05) is 20.8 Å². The van der Waals surface area contributed by atoms with Crippen LogP contribution in [-0.2, 0) is 14.4 Å². The summed E-state index contributed by atoms with van der Waals surface area (Å²) in [5.74, 6) is -1.77. The van der Waals surface area contributed by atoms with Gasteiger partial charge in [-0.05, 0) is 36.6 Å². The molecule has 1 heterocycles. The number of hydrogen-bond acceptors (Lipinski definition) is 6. The van der Waals surface area contributed by atoms with Gasteiger partial charge in [0.1, 0.15) is 5.76 Å². The van der Waals surface area contributed by atoms with Gasteiger partial charge < -0.3 is 24.6 Å². The molecule has 2 aromatic rings. The first-order valence-corrected chi connectivity index (χ1v) is 10.7. The normalized spacial score (nSPS) is 17.3. The minimum atomic E-state index is -0.866. The highest BCUT2D eigenvalue weighted by Gasteiger charge is 2.45. The van der Waals surface area contributed by atoms with Gasteiger partial charge in [0, 0.05) is 18.5 Å². The average molecular weight is 453 g/mol. The van der Waals surface area contributed by atoms with E-state index in [1.807, 2.05) is 6.07 Å². The molecule has 2 aromatic carbocycles. The Morgan fingerprint density at radius 2 is 1.64 bits per heavy atom. The lowest BCUT2D eigenvalue weighted by molar-refractivity contribution is -0.140. The lowest BCUT2D eigenvalue weighted by Crippen LogP contribution is -2.30. The number of carbonyl (C=O) groups excluding carboxylic acids is 2. The van der Waals surface area contributed by atoms with Crippen molar-refractivity contribution in [3.05, 3.63) is 65.2 Å². The van der Waals surface area contributed by atoms with Crippen molar-refractivity contribution >= 4 is 23.4 Å². The Morgan fingerprint density at radius 1 is 0.939 bits per heavy atom. The van der Waals surface area contributed by atoms with Crippen molar-refractivity contribution in [3.63, 3.8) is 0 Å². The number of carbonyl (C=O) groups is 3. The van der Waals surface area contributed by atoms with Crippen molar-refractivity contribution in [2.45, 2.75) is 31.7 Å². The van der Waals surface area contributed by atoms with Crippen LogP contribution in [0.25, 0.3) is 5.76 Å². The Bertz CT molecular complexity index is 1060. The minimum absolute atomic E-state index is 0.00366. The highest BCUT2D eigenvalue weighted by molar-refractivity contribution is 6.46. The number of benzene rings is 2. The average Bonchev–Trinajstić information content (AvgIpc) is 3.08. The van der Waals surface area contributed by atoms with Gasteiger partial charge in [0.2, 0.25) is 0 Å². The molecule has 1 aliphatic rings. The van der Waals surface area contributed by atoms with Crippen LogP contribution in [0.4, 0.5) is 0 Å². The number of Topliss-reactive ketones (excluding diaryl/α,β-unsaturated/α-hetero) is 1. The zero-order valence-electron chi connectivity index (χ0n) is 18.6. The molecule has 174 valence electrons. The number of nitrogens with zero attached hydrogens (tertiary/aromatic N) is 1. The molecule has 0 spiro atoms. The molecule has 0 aromatic heterocycles. The standard InChI is InChI=1S/C25H27NO7/c1-32-18-13-12-17(15-19(18)33-2)23(29)21-22(16-9-5-3-6-10-16)26(25(31)24(21)30)14-8-4-7-11-20(27)28/h3,5-6,9-10,12-13,15,22,29H,4,7-8,11,14H2,1-2H3,(H,27,28)/b23-21-. The number of ether oxygens (including phenoxy) is 2. The summed E-state index contributed by atoms with van der Waals surface area (Å²) in [6.45, 7) is 0.270. The van der Waals surface area contributed by atoms with Gasteiger partial charge in [0.15, 0.2) is 11.5 Å². The van der Waals surface area contributed by atoms with Crippen molar-refractivity contribution in [1.82, 2.24) is 4.90 Å². The number of aliphatic carboxylic acids is 1. The Kier molecular flexibility index (Phi) is 7.71. The molecular weight excluding hydrogens is 426 g/mol. The topological polar surface area (TPSA) is 113 Å². The van der Waals surface area contributed by atoms with Gasteiger partial charge >= 0.3 is 5.97 Å². The molecule has 0 radical (unpaired) electrons. The molecule has 0 aliphatic carbocycles. The van der Waals surface area contributed by atoms with Gasteiger partial charge in [-0.3, -0.25) is 14.4 Å². The van der Waals surface area contributed by atoms with Crippen LogP contribution in [0.2, 0.25) is 0 Å². The van der Waals surface area contributed by atoms with Crippen molar-refractivity contribution < 1.29 is 34.1 Å². The van der Waals surface area contributed by atoms with E-state index < -0.39 is 23.7 Å². The largest absolute Gasteiger partial charge is 0.507 e. The van der Waals surface area contributed by atoms with Crippen LogP contribution in [-0.4, -0.2) is 53.5 Å². The molecule has 0 bridgehead atoms. The zero-order chi connectivity index (χ0) is 24.0. The Morgan fingerprint density at radius 3 is 2.27 bits per heavy atom. The predicted molar refractivity (Wildman–Crippen MR) is 121 cm³/mol. The third-order valence-corrected chi connectivity index (χ3v) is 5.60. The lowest BCUT2D eigenvalue weighted by Gasteiger charge is -2.25. The van der Waals surface area contributed by atoms with E-state index in [1.54, 1.807) is 42.5 Å². The van der Waals surface area contributed by atoms with Gasteiger partial charge in [0.05, 0.1) is 25.8 Å². The van der Waals surface area contributed by atoms with E-state index in [-0.39, 0.29) is 24.3 Å². The third kappa shape index (κ3) is 5.16. The van der Waals surface area contributed by atoms with E-state index in [0.717, 1.165) is 0 Å². The summed E-state index contributed by atoms with van der Waals surface area (Å²) in [5.41, 5.74) is 1.03. The molecule has 8 heteroatoms. The first kappa shape index (κ1) is 23.8. The van der Waals surface area contributed by atoms with Crippen LogP contribution < -0.4 is 9.47 Å². The maximum absolute atomic E-state index is 13.0. The Hall–Kier alpha value is -3.81. The molecular formula is C25H27NO7. The second-order valence-corrected chi connectivity index (χ2v) is 7.68. The molecule has 33 heavy (non-hydrogen) atoms. The SMILES string of the molecule is COc1ccc(/C(O)=C2/C(=O)C(=O)N(CCCCCC(=O)O)C2c2ccccc2)cc1OC. The van der Waals surface area contributed by atoms with Gasteiger partial charge in [-0.15, -0.1) is 0 Å². The summed E-state index contributed by atoms with van der Waals surface area (Å²) >= 11 is 0. The summed E-state index contributed by atoms with van der Waals surface area (Å²) in [4.78, 5) is 38.1. The molecule has 0 saturated carbocycles. The number of carboxylic acids is 1. The number of amides is 1. The van der Waals surface area contributed by atoms with E-state index in [1.165, 1.54) is 19.1 Å². The molecule has 2 N–H and O–H groups in total. The van der Waals surface area contributed by atoms with Crippen LogP contribution in [0.1, 0.15) is 42.9 Å². The van der Waals surface area contributed by atoms with Crippen LogP contribution in [0.5, 0.6) is 11.5 Å². The molecule has 1 amide bonds. The number of aliphatic hydroxyl groups is 1. The molecule has 1 fully saturated rings. The fraction of sp³-hybridized carbons (Fsp3) is 0.320. The monoisotopic (exact) mass is 453 g/mol. The molecule has 1 saturated heterocycles. The van der Waals surface area contributed by atoms with Crippen molar-refractivity contribution in [3.8, 4) is 11.5 Å². The number of rotatable bonds is 10. The number of carboxylic acid groups (broad SMARTS) is 1. The number of likely N-dealkylation sites (tertiary alicyclic amines) is 1. The summed E-state index contributed by atoms with van der Waals surface area (Å²) in [7, 11) is 2.96. The predicted octanol–water partition coefficient (Wildman–Crippen LogP) is 3.77. The first-order valence-electron chi connectivity index (χ1n) is 10.7. The minimum Gasteiger partial charge on any atom is -0.507 e. The molecule has 3 rings (SSSR count). The fourth-order valence-electron chi connectivity index (χ4n) is 3.97. The zero-order valence-corrected chi connectivity index (χ0v) is 18.6. The second kappa shape index (κ2) is 10.7. The Labute approximate surface area is 192 Å². The van der Waals surface area contributed by atoms with Crippen molar-refractivity contribution in [2.24, 2.45) is 0 Å². The third-order valence-electron chi connectivity index (χ3n) is 5.60. The number of hydrogen-bond donors (Lipinski definition) is 2. The fourth-order valence-corrected chi connectivity index (χ4v) is 3.97. The number of methoxy groups -OCH3 is 2. The van der Waals surface area contributed by atoms with Gasteiger partial charge in [-0.1, -0.05) is 36.8 Å².